The molecule has 0 aromatic heterocycles. The van der Waals surface area contributed by atoms with Gasteiger partial charge in [-0.05, 0) is 36.4 Å². The zero-order valence-corrected chi connectivity index (χ0v) is 9.72. The van der Waals surface area contributed by atoms with Crippen LogP contribution in [0.25, 0.3) is 0 Å². The molecule has 2 aromatic carbocycles. The lowest BCUT2D eigenvalue weighted by Gasteiger charge is -2.07. The van der Waals surface area contributed by atoms with E-state index < -0.39 is 11.7 Å². The van der Waals surface area contributed by atoms with Crippen molar-refractivity contribution in [2.24, 2.45) is 0 Å². The summed E-state index contributed by atoms with van der Waals surface area (Å²) < 4.78 is 13.0. The highest BCUT2D eigenvalue weighted by Gasteiger charge is 2.12. The van der Waals surface area contributed by atoms with Gasteiger partial charge in [-0.2, -0.15) is 5.26 Å². The van der Waals surface area contributed by atoms with Crippen molar-refractivity contribution in [3.8, 4) is 11.8 Å². The molecule has 2 rings (SSSR count). The first-order chi connectivity index (χ1) is 9.10. The monoisotopic (exact) mass is 256 g/mol. The van der Waals surface area contributed by atoms with E-state index in [4.69, 9.17) is 5.26 Å². The SMILES string of the molecule is N#Cc1cccc(NC(=O)c2cc(F)ccc2O)c1. The van der Waals surface area contributed by atoms with Crippen molar-refractivity contribution in [1.29, 1.82) is 5.26 Å². The molecular weight excluding hydrogens is 247 g/mol. The summed E-state index contributed by atoms with van der Waals surface area (Å²) in [7, 11) is 0. The average Bonchev–Trinajstić information content (AvgIpc) is 2.41. The van der Waals surface area contributed by atoms with Crippen molar-refractivity contribution in [3.05, 3.63) is 59.4 Å². The first-order valence-electron chi connectivity index (χ1n) is 5.40. The lowest BCUT2D eigenvalue weighted by molar-refractivity contribution is 0.102. The second-order valence-corrected chi connectivity index (χ2v) is 3.81. The van der Waals surface area contributed by atoms with E-state index in [0.717, 1.165) is 18.2 Å². The van der Waals surface area contributed by atoms with Gasteiger partial charge in [0.05, 0.1) is 17.2 Å². The first-order valence-corrected chi connectivity index (χ1v) is 5.40. The number of hydrogen-bond acceptors (Lipinski definition) is 3. The molecule has 2 N–H and O–H groups in total. The minimum absolute atomic E-state index is 0.164. The van der Waals surface area contributed by atoms with Crippen molar-refractivity contribution in [2.45, 2.75) is 0 Å². The van der Waals surface area contributed by atoms with Crippen LogP contribution in [0.2, 0.25) is 0 Å². The third kappa shape index (κ3) is 2.87. The second-order valence-electron chi connectivity index (χ2n) is 3.81. The highest BCUT2D eigenvalue weighted by molar-refractivity contribution is 6.06. The Bertz CT molecular complexity index is 677. The second kappa shape index (κ2) is 5.19. The summed E-state index contributed by atoms with van der Waals surface area (Å²) in [5.74, 6) is -1.57. The predicted octanol–water partition coefficient (Wildman–Crippen LogP) is 2.66. The van der Waals surface area contributed by atoms with Crippen LogP contribution in [-0.2, 0) is 0 Å². The number of carbonyl (C=O) groups is 1. The largest absolute Gasteiger partial charge is 0.507 e. The quantitative estimate of drug-likeness (QED) is 0.867. The summed E-state index contributed by atoms with van der Waals surface area (Å²) in [6.45, 7) is 0. The van der Waals surface area contributed by atoms with Crippen LogP contribution in [0.3, 0.4) is 0 Å². The third-order valence-corrected chi connectivity index (χ3v) is 2.45. The summed E-state index contributed by atoms with van der Waals surface area (Å²) >= 11 is 0. The van der Waals surface area contributed by atoms with E-state index in [-0.39, 0.29) is 11.3 Å². The molecule has 0 saturated carbocycles. The number of hydrogen-bond donors (Lipinski definition) is 2. The number of phenolic OH excluding ortho intramolecular Hbond substituents is 1. The highest BCUT2D eigenvalue weighted by atomic mass is 19.1. The number of halogens is 1. The van der Waals surface area contributed by atoms with Crippen molar-refractivity contribution < 1.29 is 14.3 Å². The third-order valence-electron chi connectivity index (χ3n) is 2.45. The molecule has 1 amide bonds. The summed E-state index contributed by atoms with van der Waals surface area (Å²) in [5.41, 5.74) is 0.622. The van der Waals surface area contributed by atoms with Crippen molar-refractivity contribution in [3.63, 3.8) is 0 Å². The molecule has 0 heterocycles. The molecule has 4 nitrogen and oxygen atoms in total. The molecule has 0 radical (unpaired) electrons. The molecule has 0 aliphatic carbocycles. The summed E-state index contributed by atoms with van der Waals surface area (Å²) in [5, 5.41) is 20.7. The van der Waals surface area contributed by atoms with Gasteiger partial charge >= 0.3 is 0 Å². The van der Waals surface area contributed by atoms with Crippen LogP contribution < -0.4 is 5.32 Å². The maximum Gasteiger partial charge on any atom is 0.259 e. The maximum atomic E-state index is 13.0. The van der Waals surface area contributed by atoms with E-state index in [1.54, 1.807) is 18.2 Å². The van der Waals surface area contributed by atoms with E-state index in [1.165, 1.54) is 6.07 Å². The standard InChI is InChI=1S/C14H9FN2O2/c15-10-4-5-13(18)12(7-10)14(19)17-11-3-1-2-9(6-11)8-16/h1-7,18H,(H,17,19). The summed E-state index contributed by atoms with van der Waals surface area (Å²) in [6, 6.07) is 11.3. The normalized spacial score (nSPS) is 9.68. The zero-order chi connectivity index (χ0) is 13.8. The van der Waals surface area contributed by atoms with E-state index >= 15 is 0 Å². The summed E-state index contributed by atoms with van der Waals surface area (Å²) in [6.07, 6.45) is 0. The fourth-order valence-corrected chi connectivity index (χ4v) is 1.56. The van der Waals surface area contributed by atoms with Gasteiger partial charge in [0.25, 0.3) is 5.91 Å². The molecule has 0 atom stereocenters. The molecule has 2 aromatic rings. The number of amides is 1. The zero-order valence-electron chi connectivity index (χ0n) is 9.72. The number of benzene rings is 2. The molecule has 5 heteroatoms. The molecule has 0 spiro atoms. The van der Waals surface area contributed by atoms with Crippen LogP contribution in [-0.4, -0.2) is 11.0 Å². The van der Waals surface area contributed by atoms with Gasteiger partial charge in [0.15, 0.2) is 0 Å². The number of carbonyl (C=O) groups excluding carboxylic acids is 1. The molecular formula is C14H9FN2O2. The topological polar surface area (TPSA) is 73.1 Å². The number of rotatable bonds is 2. The minimum atomic E-state index is -0.646. The van der Waals surface area contributed by atoms with Crippen molar-refractivity contribution in [1.82, 2.24) is 0 Å². The molecule has 0 saturated heterocycles. The first kappa shape index (κ1) is 12.6. The van der Waals surface area contributed by atoms with Gasteiger partial charge in [0.1, 0.15) is 11.6 Å². The Kier molecular flexibility index (Phi) is 3.44. The van der Waals surface area contributed by atoms with Gasteiger partial charge in [-0.1, -0.05) is 6.07 Å². The molecule has 0 fully saturated rings. The van der Waals surface area contributed by atoms with Gasteiger partial charge in [-0.25, -0.2) is 4.39 Å². The fourth-order valence-electron chi connectivity index (χ4n) is 1.56. The van der Waals surface area contributed by atoms with Crippen molar-refractivity contribution in [2.75, 3.05) is 5.32 Å². The van der Waals surface area contributed by atoms with E-state index in [2.05, 4.69) is 5.32 Å². The highest BCUT2D eigenvalue weighted by Crippen LogP contribution is 2.20. The van der Waals surface area contributed by atoms with E-state index in [0.29, 0.717) is 11.3 Å². The van der Waals surface area contributed by atoms with Crippen LogP contribution in [0.4, 0.5) is 10.1 Å². The van der Waals surface area contributed by atoms with Gasteiger partial charge in [0, 0.05) is 5.69 Å². The number of nitrogens with zero attached hydrogens (tertiary/aromatic N) is 1. The van der Waals surface area contributed by atoms with Crippen molar-refractivity contribution >= 4 is 11.6 Å². The van der Waals surface area contributed by atoms with E-state index in [1.807, 2.05) is 6.07 Å². The Morgan fingerprint density at radius 1 is 1.26 bits per heavy atom. The summed E-state index contributed by atoms with van der Waals surface area (Å²) in [4.78, 5) is 11.9. The van der Waals surface area contributed by atoms with E-state index in [9.17, 15) is 14.3 Å². The number of nitriles is 1. The average molecular weight is 256 g/mol. The predicted molar refractivity (Wildman–Crippen MR) is 67.2 cm³/mol. The molecule has 0 aliphatic rings. The van der Waals surface area contributed by atoms with Crippen LogP contribution >= 0.6 is 0 Å². The Balaban J connectivity index is 2.26. The lowest BCUT2D eigenvalue weighted by Crippen LogP contribution is -2.12. The van der Waals surface area contributed by atoms with Crippen LogP contribution in [0, 0.1) is 17.1 Å². The fraction of sp³-hybridized carbons (Fsp3) is 0. The van der Waals surface area contributed by atoms with Gasteiger partial charge in [-0.15, -0.1) is 0 Å². The Hall–Kier alpha value is -2.87. The van der Waals surface area contributed by atoms with Gasteiger partial charge in [-0.3, -0.25) is 4.79 Å². The minimum Gasteiger partial charge on any atom is -0.507 e. The van der Waals surface area contributed by atoms with Crippen LogP contribution in [0.1, 0.15) is 15.9 Å². The maximum absolute atomic E-state index is 13.0. The molecule has 0 aliphatic heterocycles. The Morgan fingerprint density at radius 2 is 2.05 bits per heavy atom. The molecule has 0 unspecified atom stereocenters. The van der Waals surface area contributed by atoms with Crippen LogP contribution in [0.15, 0.2) is 42.5 Å². The van der Waals surface area contributed by atoms with Gasteiger partial charge in [0.2, 0.25) is 0 Å². The Labute approximate surface area is 108 Å². The number of phenols is 1. The Morgan fingerprint density at radius 3 is 2.79 bits per heavy atom. The molecule has 94 valence electrons. The van der Waals surface area contributed by atoms with Crippen LogP contribution in [0.5, 0.6) is 5.75 Å². The number of aromatic hydroxyl groups is 1. The van der Waals surface area contributed by atoms with Gasteiger partial charge < -0.3 is 10.4 Å². The molecule has 19 heavy (non-hydrogen) atoms. The number of nitrogens with one attached hydrogen (secondary N) is 1. The molecule has 0 bridgehead atoms. The lowest BCUT2D eigenvalue weighted by atomic mass is 10.1. The number of anilines is 1. The smallest absolute Gasteiger partial charge is 0.259 e.